The minimum atomic E-state index is -5.51. The Hall–Kier alpha value is -1.54. The van der Waals surface area contributed by atoms with Crippen LogP contribution in [-0.2, 0) is 6.18 Å². The average Bonchev–Trinajstić information content (AvgIpc) is 2.06. The van der Waals surface area contributed by atoms with Gasteiger partial charge in [-0.2, -0.15) is 13.2 Å². The Morgan fingerprint density at radius 1 is 0.882 bits per heavy atom. The van der Waals surface area contributed by atoms with Gasteiger partial charge in [0, 0.05) is 0 Å². The lowest BCUT2D eigenvalue weighted by atomic mass is 10.1. The van der Waals surface area contributed by atoms with E-state index in [1.165, 1.54) is 0 Å². The minimum Gasteiger partial charge on any atom is -0.405 e. The highest BCUT2D eigenvalue weighted by Crippen LogP contribution is 2.40. The van der Waals surface area contributed by atoms with Crippen LogP contribution in [0.1, 0.15) is 5.56 Å². The number of rotatable bonds is 1. The second-order valence-corrected chi connectivity index (χ2v) is 2.78. The number of hydrogen-bond acceptors (Lipinski definition) is 1. The predicted molar refractivity (Wildman–Crippen MR) is 38.0 cm³/mol. The van der Waals surface area contributed by atoms with Crippen LogP contribution in [0.2, 0.25) is 0 Å². The van der Waals surface area contributed by atoms with E-state index in [1.807, 2.05) is 0 Å². The topological polar surface area (TPSA) is 9.23 Å². The summed E-state index contributed by atoms with van der Waals surface area (Å²) in [6.07, 6.45) is -10.9. The van der Waals surface area contributed by atoms with Gasteiger partial charge in [0.05, 0.1) is 0 Å². The van der Waals surface area contributed by atoms with Crippen molar-refractivity contribution < 1.29 is 39.9 Å². The highest BCUT2D eigenvalue weighted by molar-refractivity contribution is 5.37. The molecule has 96 valence electrons. The van der Waals surface area contributed by atoms with Crippen LogP contribution in [0, 0.1) is 11.6 Å². The van der Waals surface area contributed by atoms with Crippen LogP contribution in [0.4, 0.5) is 35.1 Å². The molecule has 0 radical (unpaired) electrons. The third-order valence-electron chi connectivity index (χ3n) is 1.57. The number of alkyl halides is 6. The normalized spacial score (nSPS) is 12.7. The molecule has 17 heavy (non-hydrogen) atoms. The zero-order chi connectivity index (χ0) is 13.4. The lowest BCUT2D eigenvalue weighted by Crippen LogP contribution is -2.21. The molecule has 0 amide bonds. The lowest BCUT2D eigenvalue weighted by Gasteiger charge is -2.15. The molecule has 0 spiro atoms. The fourth-order valence-electron chi connectivity index (χ4n) is 1.01. The molecule has 0 aliphatic rings. The fourth-order valence-corrected chi connectivity index (χ4v) is 1.01. The minimum absolute atomic E-state index is 0.0503. The first-order valence-corrected chi connectivity index (χ1v) is 3.83. The van der Waals surface area contributed by atoms with E-state index in [4.69, 9.17) is 0 Å². The van der Waals surface area contributed by atoms with Gasteiger partial charge in [0.25, 0.3) is 0 Å². The van der Waals surface area contributed by atoms with E-state index in [0.717, 1.165) is 0 Å². The average molecular weight is 266 g/mol. The van der Waals surface area contributed by atoms with Crippen LogP contribution >= 0.6 is 0 Å². The van der Waals surface area contributed by atoms with Gasteiger partial charge in [-0.15, -0.1) is 13.2 Å². The Balaban J connectivity index is 3.36. The molecular weight excluding hydrogens is 264 g/mol. The molecule has 1 aromatic rings. The zero-order valence-electron chi connectivity index (χ0n) is 7.59. The molecule has 0 unspecified atom stereocenters. The SMILES string of the molecule is Fc1ccc(OC(F)(F)F)c(C(F)(F)F)c1F. The Bertz CT molecular complexity index is 419. The van der Waals surface area contributed by atoms with E-state index in [9.17, 15) is 35.1 Å². The Morgan fingerprint density at radius 2 is 1.41 bits per heavy atom. The van der Waals surface area contributed by atoms with Crippen molar-refractivity contribution in [1.82, 2.24) is 0 Å². The second-order valence-electron chi connectivity index (χ2n) is 2.78. The summed E-state index contributed by atoms with van der Waals surface area (Å²) in [6.45, 7) is 0. The molecule has 0 aliphatic heterocycles. The maximum Gasteiger partial charge on any atom is 0.573 e. The first-order valence-electron chi connectivity index (χ1n) is 3.83. The number of benzene rings is 1. The number of hydrogen-bond donors (Lipinski definition) is 0. The van der Waals surface area contributed by atoms with Crippen LogP contribution in [0.15, 0.2) is 12.1 Å². The summed E-state index contributed by atoms with van der Waals surface area (Å²) in [7, 11) is 0. The van der Waals surface area contributed by atoms with Crippen molar-refractivity contribution in [3.05, 3.63) is 29.3 Å². The van der Waals surface area contributed by atoms with E-state index < -0.39 is 35.5 Å². The largest absolute Gasteiger partial charge is 0.573 e. The van der Waals surface area contributed by atoms with Crippen LogP contribution in [0.3, 0.4) is 0 Å². The third-order valence-corrected chi connectivity index (χ3v) is 1.57. The number of ether oxygens (including phenoxy) is 1. The van der Waals surface area contributed by atoms with Crippen molar-refractivity contribution in [2.75, 3.05) is 0 Å². The molecule has 0 aromatic heterocycles. The van der Waals surface area contributed by atoms with Gasteiger partial charge in [0.2, 0.25) is 0 Å². The predicted octanol–water partition coefficient (Wildman–Crippen LogP) is 3.88. The Morgan fingerprint density at radius 3 is 1.82 bits per heavy atom. The van der Waals surface area contributed by atoms with E-state index in [1.54, 1.807) is 0 Å². The molecule has 0 bridgehead atoms. The summed E-state index contributed by atoms with van der Waals surface area (Å²) in [5.74, 6) is -6.21. The quantitative estimate of drug-likeness (QED) is 0.701. The highest BCUT2D eigenvalue weighted by atomic mass is 19.4. The zero-order valence-corrected chi connectivity index (χ0v) is 7.59. The maximum atomic E-state index is 12.8. The van der Waals surface area contributed by atoms with E-state index in [2.05, 4.69) is 4.74 Å². The van der Waals surface area contributed by atoms with Crippen LogP contribution in [-0.4, -0.2) is 6.36 Å². The van der Waals surface area contributed by atoms with Crippen molar-refractivity contribution in [2.45, 2.75) is 12.5 Å². The van der Waals surface area contributed by atoms with Gasteiger partial charge in [-0.3, -0.25) is 0 Å². The molecular formula is C8H2F8O. The van der Waals surface area contributed by atoms with Gasteiger partial charge in [-0.05, 0) is 12.1 Å². The van der Waals surface area contributed by atoms with Crippen molar-refractivity contribution in [1.29, 1.82) is 0 Å². The van der Waals surface area contributed by atoms with Crippen LogP contribution in [0.25, 0.3) is 0 Å². The Kier molecular flexibility index (Phi) is 3.22. The van der Waals surface area contributed by atoms with E-state index >= 15 is 0 Å². The van der Waals surface area contributed by atoms with Gasteiger partial charge in [0.1, 0.15) is 11.3 Å². The van der Waals surface area contributed by atoms with Gasteiger partial charge < -0.3 is 4.74 Å². The molecule has 0 N–H and O–H groups in total. The van der Waals surface area contributed by atoms with Crippen molar-refractivity contribution >= 4 is 0 Å². The first-order chi connectivity index (χ1) is 7.52. The van der Waals surface area contributed by atoms with Crippen molar-refractivity contribution in [3.8, 4) is 5.75 Å². The summed E-state index contributed by atoms with van der Waals surface area (Å²) in [6, 6.07) is 0.153. The summed E-state index contributed by atoms with van der Waals surface area (Å²) in [5, 5.41) is 0. The Labute approximate surface area is 88.6 Å². The molecule has 1 rings (SSSR count). The molecule has 0 aliphatic carbocycles. The molecule has 0 atom stereocenters. The van der Waals surface area contributed by atoms with Crippen LogP contribution < -0.4 is 4.74 Å². The van der Waals surface area contributed by atoms with Crippen molar-refractivity contribution in [3.63, 3.8) is 0 Å². The second kappa shape index (κ2) is 4.04. The maximum absolute atomic E-state index is 12.8. The van der Waals surface area contributed by atoms with Crippen LogP contribution in [0.5, 0.6) is 5.75 Å². The molecule has 1 nitrogen and oxygen atoms in total. The van der Waals surface area contributed by atoms with Gasteiger partial charge in [-0.1, -0.05) is 0 Å². The highest BCUT2D eigenvalue weighted by Gasteiger charge is 2.42. The lowest BCUT2D eigenvalue weighted by molar-refractivity contribution is -0.276. The third kappa shape index (κ3) is 3.21. The van der Waals surface area contributed by atoms with E-state index in [0.29, 0.717) is 0 Å². The number of halogens is 8. The fraction of sp³-hybridized carbons (Fsp3) is 0.250. The molecule has 0 saturated carbocycles. The molecule has 9 heteroatoms. The molecule has 0 heterocycles. The molecule has 1 aromatic carbocycles. The summed E-state index contributed by atoms with van der Waals surface area (Å²) < 4.78 is 100. The van der Waals surface area contributed by atoms with Gasteiger partial charge in [-0.25, -0.2) is 8.78 Å². The van der Waals surface area contributed by atoms with Crippen molar-refractivity contribution in [2.24, 2.45) is 0 Å². The standard InChI is InChI=1S/C8H2F8O/c9-3-1-2-4(17-8(14,15)16)5(6(3)10)7(11,12)13/h1-2H. The summed E-state index contributed by atoms with van der Waals surface area (Å²) in [4.78, 5) is 0. The smallest absolute Gasteiger partial charge is 0.405 e. The summed E-state index contributed by atoms with van der Waals surface area (Å²) in [5.41, 5.74) is -2.44. The molecule has 0 fully saturated rings. The van der Waals surface area contributed by atoms with Gasteiger partial charge >= 0.3 is 12.5 Å². The van der Waals surface area contributed by atoms with Gasteiger partial charge in [0.15, 0.2) is 11.6 Å². The summed E-state index contributed by atoms with van der Waals surface area (Å²) >= 11 is 0. The molecule has 0 saturated heterocycles. The monoisotopic (exact) mass is 266 g/mol. The first kappa shape index (κ1) is 13.5. The van der Waals surface area contributed by atoms with E-state index in [-0.39, 0.29) is 12.1 Å².